The van der Waals surface area contributed by atoms with Crippen molar-refractivity contribution < 1.29 is 9.53 Å². The largest absolute Gasteiger partial charge is 0.497 e. The highest BCUT2D eigenvalue weighted by molar-refractivity contribution is 6.04. The van der Waals surface area contributed by atoms with E-state index < -0.39 is 0 Å². The quantitative estimate of drug-likeness (QED) is 0.471. The molecule has 0 bridgehead atoms. The smallest absolute Gasteiger partial charge is 0.257 e. The van der Waals surface area contributed by atoms with Gasteiger partial charge in [-0.2, -0.15) is 0 Å². The van der Waals surface area contributed by atoms with Crippen molar-refractivity contribution in [3.63, 3.8) is 0 Å². The number of nitrogens with one attached hydrogen (secondary N) is 2. The molecule has 0 saturated heterocycles. The molecule has 2 heterocycles. The molecule has 0 aliphatic heterocycles. The zero-order valence-electron chi connectivity index (χ0n) is 16.4. The van der Waals surface area contributed by atoms with Crippen LogP contribution in [0.1, 0.15) is 10.4 Å². The molecule has 4 aromatic rings. The van der Waals surface area contributed by atoms with Gasteiger partial charge < -0.3 is 15.4 Å². The average molecular weight is 396 g/mol. The summed E-state index contributed by atoms with van der Waals surface area (Å²) in [6.45, 7) is 0. The third-order valence-electron chi connectivity index (χ3n) is 4.49. The summed E-state index contributed by atoms with van der Waals surface area (Å²) in [5.41, 5.74) is 4.90. The first-order valence-electron chi connectivity index (χ1n) is 9.39. The minimum atomic E-state index is -0.201. The van der Waals surface area contributed by atoms with E-state index in [1.807, 2.05) is 54.6 Å². The fraction of sp³-hybridized carbons (Fsp3) is 0.0417. The van der Waals surface area contributed by atoms with Crippen LogP contribution in [0.2, 0.25) is 0 Å². The highest BCUT2D eigenvalue weighted by atomic mass is 16.5. The molecule has 2 N–H and O–H groups in total. The third-order valence-corrected chi connectivity index (χ3v) is 4.49. The molecular formula is C24H20N4O2. The molecule has 0 atom stereocenters. The van der Waals surface area contributed by atoms with Crippen molar-refractivity contribution >= 4 is 23.0 Å². The van der Waals surface area contributed by atoms with Crippen LogP contribution in [0.4, 0.5) is 17.1 Å². The second-order valence-electron chi connectivity index (χ2n) is 6.59. The molecule has 6 heteroatoms. The average Bonchev–Trinajstić information content (AvgIpc) is 2.80. The zero-order chi connectivity index (χ0) is 20.8. The molecule has 0 aliphatic rings. The van der Waals surface area contributed by atoms with Gasteiger partial charge in [0.1, 0.15) is 5.75 Å². The topological polar surface area (TPSA) is 76.1 Å². The summed E-state index contributed by atoms with van der Waals surface area (Å²) in [7, 11) is 1.64. The summed E-state index contributed by atoms with van der Waals surface area (Å²) >= 11 is 0. The number of methoxy groups -OCH3 is 1. The number of nitrogens with zero attached hydrogens (tertiary/aromatic N) is 2. The van der Waals surface area contributed by atoms with Gasteiger partial charge in [0.2, 0.25) is 0 Å². The van der Waals surface area contributed by atoms with Gasteiger partial charge in [-0.3, -0.25) is 14.8 Å². The van der Waals surface area contributed by atoms with Crippen LogP contribution in [0.25, 0.3) is 11.1 Å². The maximum atomic E-state index is 12.4. The van der Waals surface area contributed by atoms with Gasteiger partial charge in [0.15, 0.2) is 0 Å². The van der Waals surface area contributed by atoms with Gasteiger partial charge >= 0.3 is 0 Å². The molecule has 4 rings (SSSR count). The lowest BCUT2D eigenvalue weighted by Crippen LogP contribution is -2.11. The lowest BCUT2D eigenvalue weighted by atomic mass is 10.1. The number of aromatic nitrogens is 2. The van der Waals surface area contributed by atoms with E-state index in [1.54, 1.807) is 37.8 Å². The van der Waals surface area contributed by atoms with Gasteiger partial charge in [-0.1, -0.05) is 12.1 Å². The van der Waals surface area contributed by atoms with Gasteiger partial charge in [-0.15, -0.1) is 0 Å². The van der Waals surface area contributed by atoms with E-state index in [4.69, 9.17) is 4.74 Å². The van der Waals surface area contributed by atoms with E-state index in [0.717, 1.165) is 28.3 Å². The highest BCUT2D eigenvalue weighted by Crippen LogP contribution is 2.26. The van der Waals surface area contributed by atoms with E-state index >= 15 is 0 Å². The number of rotatable bonds is 6. The van der Waals surface area contributed by atoms with Gasteiger partial charge in [0, 0.05) is 35.5 Å². The number of carbonyl (C=O) groups is 1. The number of hydrogen-bond acceptors (Lipinski definition) is 5. The van der Waals surface area contributed by atoms with E-state index in [0.29, 0.717) is 11.3 Å². The van der Waals surface area contributed by atoms with Crippen LogP contribution in [0, 0.1) is 0 Å². The van der Waals surface area contributed by atoms with Crippen LogP contribution in [-0.4, -0.2) is 23.0 Å². The Hall–Kier alpha value is -4.19. The standard InChI is InChI=1S/C24H20N4O2/c1-30-23-9-7-20(8-10-23)27-22-13-19(15-26-16-22)17-4-2-6-21(12-17)28-24(29)18-5-3-11-25-14-18/h2-16,27H,1H3,(H,28,29). The zero-order valence-corrected chi connectivity index (χ0v) is 16.4. The number of benzene rings is 2. The Labute approximate surface area is 174 Å². The molecular weight excluding hydrogens is 376 g/mol. The van der Waals surface area contributed by atoms with Crippen LogP contribution in [0.3, 0.4) is 0 Å². The summed E-state index contributed by atoms with van der Waals surface area (Å²) in [4.78, 5) is 20.7. The van der Waals surface area contributed by atoms with Crippen molar-refractivity contribution in [3.8, 4) is 16.9 Å². The number of hydrogen-bond donors (Lipinski definition) is 2. The van der Waals surface area contributed by atoms with Crippen LogP contribution in [-0.2, 0) is 0 Å². The van der Waals surface area contributed by atoms with Crippen LogP contribution < -0.4 is 15.4 Å². The molecule has 6 nitrogen and oxygen atoms in total. The maximum absolute atomic E-state index is 12.4. The van der Waals surface area contributed by atoms with E-state index in [2.05, 4.69) is 20.6 Å². The molecule has 0 unspecified atom stereocenters. The van der Waals surface area contributed by atoms with Gasteiger partial charge in [-0.05, 0) is 60.2 Å². The first-order chi connectivity index (χ1) is 14.7. The Balaban J connectivity index is 1.52. The monoisotopic (exact) mass is 396 g/mol. The van der Waals surface area contributed by atoms with Crippen molar-refractivity contribution in [2.75, 3.05) is 17.7 Å². The summed E-state index contributed by atoms with van der Waals surface area (Å²) in [5.74, 6) is 0.603. The van der Waals surface area contributed by atoms with E-state index in [9.17, 15) is 4.79 Å². The maximum Gasteiger partial charge on any atom is 0.257 e. The van der Waals surface area contributed by atoms with Crippen LogP contribution in [0.5, 0.6) is 5.75 Å². The second kappa shape index (κ2) is 8.87. The lowest BCUT2D eigenvalue weighted by Gasteiger charge is -2.10. The van der Waals surface area contributed by atoms with Gasteiger partial charge in [0.25, 0.3) is 5.91 Å². The summed E-state index contributed by atoms with van der Waals surface area (Å²) in [6.07, 6.45) is 6.73. The second-order valence-corrected chi connectivity index (χ2v) is 6.59. The van der Waals surface area contributed by atoms with Crippen molar-refractivity contribution in [1.29, 1.82) is 0 Å². The molecule has 30 heavy (non-hydrogen) atoms. The third kappa shape index (κ3) is 4.62. The molecule has 0 spiro atoms. The molecule has 2 aromatic carbocycles. The molecule has 1 amide bonds. The predicted molar refractivity (Wildman–Crippen MR) is 118 cm³/mol. The molecule has 0 radical (unpaired) electrons. The minimum Gasteiger partial charge on any atom is -0.497 e. The normalized spacial score (nSPS) is 10.3. The molecule has 0 aliphatic carbocycles. The van der Waals surface area contributed by atoms with Gasteiger partial charge in [0.05, 0.1) is 24.6 Å². The molecule has 2 aromatic heterocycles. The highest BCUT2D eigenvalue weighted by Gasteiger charge is 2.07. The summed E-state index contributed by atoms with van der Waals surface area (Å²) < 4.78 is 5.19. The summed E-state index contributed by atoms with van der Waals surface area (Å²) in [6, 6.07) is 20.8. The van der Waals surface area contributed by atoms with Crippen molar-refractivity contribution in [1.82, 2.24) is 9.97 Å². The van der Waals surface area contributed by atoms with Crippen molar-refractivity contribution in [2.45, 2.75) is 0 Å². The molecule has 0 fully saturated rings. The van der Waals surface area contributed by atoms with Crippen molar-refractivity contribution in [3.05, 3.63) is 97.1 Å². The first kappa shape index (κ1) is 19.1. The number of anilines is 3. The Morgan fingerprint density at radius 3 is 2.40 bits per heavy atom. The number of carbonyl (C=O) groups excluding carboxylic acids is 1. The fourth-order valence-electron chi connectivity index (χ4n) is 2.98. The Bertz CT molecular complexity index is 1150. The van der Waals surface area contributed by atoms with E-state index in [-0.39, 0.29) is 5.91 Å². The number of pyridine rings is 2. The first-order valence-corrected chi connectivity index (χ1v) is 9.39. The summed E-state index contributed by atoms with van der Waals surface area (Å²) in [5, 5.41) is 6.25. The van der Waals surface area contributed by atoms with Crippen molar-refractivity contribution in [2.24, 2.45) is 0 Å². The number of ether oxygens (including phenoxy) is 1. The predicted octanol–water partition coefficient (Wildman–Crippen LogP) is 5.15. The Morgan fingerprint density at radius 1 is 0.800 bits per heavy atom. The molecule has 0 saturated carbocycles. The lowest BCUT2D eigenvalue weighted by molar-refractivity contribution is 0.102. The van der Waals surface area contributed by atoms with Gasteiger partial charge in [-0.25, -0.2) is 0 Å². The van der Waals surface area contributed by atoms with Crippen LogP contribution >= 0.6 is 0 Å². The minimum absolute atomic E-state index is 0.201. The van der Waals surface area contributed by atoms with E-state index in [1.165, 1.54) is 6.20 Å². The van der Waals surface area contributed by atoms with Crippen LogP contribution in [0.15, 0.2) is 91.5 Å². The Morgan fingerprint density at radius 2 is 1.63 bits per heavy atom. The Kier molecular flexibility index (Phi) is 5.66. The fourth-order valence-corrected chi connectivity index (χ4v) is 2.98. The number of amides is 1. The SMILES string of the molecule is COc1ccc(Nc2cncc(-c3cccc(NC(=O)c4cccnc4)c3)c2)cc1. The molecule has 148 valence electrons.